The molecule has 0 amide bonds. The van der Waals surface area contributed by atoms with Crippen LogP contribution in [0.1, 0.15) is 54.5 Å². The van der Waals surface area contributed by atoms with Gasteiger partial charge >= 0.3 is 0 Å². The highest BCUT2D eigenvalue weighted by Gasteiger charge is 2.24. The van der Waals surface area contributed by atoms with Crippen molar-refractivity contribution in [1.82, 2.24) is 24.8 Å². The summed E-state index contributed by atoms with van der Waals surface area (Å²) in [6, 6.07) is 10.9. The van der Waals surface area contributed by atoms with E-state index in [0.717, 1.165) is 50.2 Å². The molecule has 0 bridgehead atoms. The molecule has 6 nitrogen and oxygen atoms in total. The summed E-state index contributed by atoms with van der Waals surface area (Å²) in [7, 11) is 0. The van der Waals surface area contributed by atoms with E-state index in [1.54, 1.807) is 0 Å². The van der Waals surface area contributed by atoms with Crippen LogP contribution in [0.25, 0.3) is 0 Å². The second-order valence-corrected chi connectivity index (χ2v) is 7.78. The predicted octanol–water partition coefficient (Wildman–Crippen LogP) is 3.04. The Morgan fingerprint density at radius 3 is 2.90 bits per heavy atom. The van der Waals surface area contributed by atoms with Crippen molar-refractivity contribution in [2.24, 2.45) is 5.73 Å². The van der Waals surface area contributed by atoms with Crippen molar-refractivity contribution in [3.05, 3.63) is 77.9 Å². The number of nitrogens with one attached hydrogen (secondary N) is 1. The van der Waals surface area contributed by atoms with Crippen molar-refractivity contribution < 1.29 is 0 Å². The van der Waals surface area contributed by atoms with Crippen LogP contribution in [0.15, 0.2) is 55.1 Å². The Hall–Kier alpha value is -2.57. The molecule has 6 heteroatoms. The third kappa shape index (κ3) is 5.08. The molecular weight excluding hydrogens is 360 g/mol. The van der Waals surface area contributed by atoms with E-state index in [9.17, 15) is 0 Å². The van der Waals surface area contributed by atoms with E-state index in [0.29, 0.717) is 18.6 Å². The number of aryl methyl sites for hydroxylation is 1. The van der Waals surface area contributed by atoms with Gasteiger partial charge in [0.15, 0.2) is 0 Å². The Bertz CT molecular complexity index is 891. The highest BCUT2D eigenvalue weighted by molar-refractivity contribution is 5.25. The highest BCUT2D eigenvalue weighted by atomic mass is 15.1. The zero-order valence-corrected chi connectivity index (χ0v) is 16.9. The van der Waals surface area contributed by atoms with Crippen molar-refractivity contribution >= 4 is 0 Å². The summed E-state index contributed by atoms with van der Waals surface area (Å²) < 4.78 is 2.20. The minimum atomic E-state index is 0.307. The van der Waals surface area contributed by atoms with Gasteiger partial charge in [0.05, 0.1) is 17.9 Å². The highest BCUT2D eigenvalue weighted by Crippen LogP contribution is 2.28. The minimum absolute atomic E-state index is 0.307. The van der Waals surface area contributed by atoms with Crippen LogP contribution in [0.2, 0.25) is 0 Å². The molecule has 0 saturated carbocycles. The van der Waals surface area contributed by atoms with Gasteiger partial charge in [0.2, 0.25) is 0 Å². The second-order valence-electron chi connectivity index (χ2n) is 7.78. The molecule has 0 spiro atoms. The van der Waals surface area contributed by atoms with Crippen molar-refractivity contribution in [1.29, 1.82) is 0 Å². The molecule has 0 fully saturated rings. The number of pyridine rings is 2. The third-order valence-electron chi connectivity index (χ3n) is 5.68. The van der Waals surface area contributed by atoms with E-state index in [1.807, 2.05) is 43.0 Å². The van der Waals surface area contributed by atoms with Crippen LogP contribution >= 0.6 is 0 Å². The first-order chi connectivity index (χ1) is 14.3. The summed E-state index contributed by atoms with van der Waals surface area (Å²) in [6.45, 7) is 1.45. The number of hydrogen-bond acceptors (Lipinski definition) is 5. The standard InChI is InChI=1S/C23H30N6/c24-11-4-9-19(28-21-10-3-6-18-7-5-13-27-23(18)21)16-22-26-14-15-29(22)17-20-8-1-2-12-25-20/h1-2,5,7-8,12-15,19,21,28H,3-4,6,9-11,16-17,24H2. The Balaban J connectivity index is 1.48. The van der Waals surface area contributed by atoms with Gasteiger partial charge in [0.25, 0.3) is 0 Å². The van der Waals surface area contributed by atoms with Gasteiger partial charge in [-0.3, -0.25) is 9.97 Å². The summed E-state index contributed by atoms with van der Waals surface area (Å²) in [6.07, 6.45) is 14.0. The number of aromatic nitrogens is 4. The van der Waals surface area contributed by atoms with Crippen molar-refractivity contribution in [2.45, 2.75) is 57.2 Å². The van der Waals surface area contributed by atoms with Gasteiger partial charge in [-0.1, -0.05) is 12.1 Å². The van der Waals surface area contributed by atoms with Crippen LogP contribution in [-0.4, -0.2) is 32.1 Å². The van der Waals surface area contributed by atoms with Crippen LogP contribution in [0.5, 0.6) is 0 Å². The van der Waals surface area contributed by atoms with Gasteiger partial charge in [0.1, 0.15) is 5.82 Å². The van der Waals surface area contributed by atoms with Gasteiger partial charge in [-0.2, -0.15) is 0 Å². The lowest BCUT2D eigenvalue weighted by molar-refractivity contribution is 0.361. The fraction of sp³-hybridized carbons (Fsp3) is 0.435. The molecule has 1 aliphatic carbocycles. The van der Waals surface area contributed by atoms with E-state index in [4.69, 9.17) is 5.73 Å². The minimum Gasteiger partial charge on any atom is -0.330 e. The molecule has 0 saturated heterocycles. The van der Waals surface area contributed by atoms with Crippen molar-refractivity contribution in [2.75, 3.05) is 6.54 Å². The van der Waals surface area contributed by atoms with Crippen molar-refractivity contribution in [3.63, 3.8) is 0 Å². The molecule has 3 aromatic heterocycles. The van der Waals surface area contributed by atoms with Gasteiger partial charge in [-0.25, -0.2) is 4.98 Å². The first-order valence-electron chi connectivity index (χ1n) is 10.6. The first-order valence-corrected chi connectivity index (χ1v) is 10.6. The molecule has 2 unspecified atom stereocenters. The summed E-state index contributed by atoms with van der Waals surface area (Å²) in [5, 5.41) is 3.89. The summed E-state index contributed by atoms with van der Waals surface area (Å²) >= 11 is 0. The maximum Gasteiger partial charge on any atom is 0.110 e. The number of fused-ring (bicyclic) bond motifs is 1. The molecule has 3 aromatic rings. The molecule has 152 valence electrons. The normalized spacial score (nSPS) is 17.1. The molecule has 2 atom stereocenters. The molecule has 1 aliphatic rings. The molecule has 0 radical (unpaired) electrons. The monoisotopic (exact) mass is 390 g/mol. The van der Waals surface area contributed by atoms with Gasteiger partial charge in [0, 0.05) is 43.3 Å². The fourth-order valence-electron chi connectivity index (χ4n) is 4.23. The number of nitrogens with zero attached hydrogens (tertiary/aromatic N) is 4. The van der Waals surface area contributed by atoms with E-state index >= 15 is 0 Å². The van der Waals surface area contributed by atoms with E-state index in [1.165, 1.54) is 17.7 Å². The predicted molar refractivity (Wildman–Crippen MR) is 114 cm³/mol. The van der Waals surface area contributed by atoms with Crippen LogP contribution in [0.3, 0.4) is 0 Å². The van der Waals surface area contributed by atoms with Crippen molar-refractivity contribution in [3.8, 4) is 0 Å². The average Bonchev–Trinajstić information content (AvgIpc) is 3.19. The number of imidazole rings is 1. The molecular formula is C23H30N6. The van der Waals surface area contributed by atoms with E-state index in [-0.39, 0.29) is 0 Å². The summed E-state index contributed by atoms with van der Waals surface area (Å²) in [5.74, 6) is 1.09. The topological polar surface area (TPSA) is 81.6 Å². The third-order valence-corrected chi connectivity index (χ3v) is 5.68. The Morgan fingerprint density at radius 2 is 2.03 bits per heavy atom. The lowest BCUT2D eigenvalue weighted by Crippen LogP contribution is -2.37. The molecule has 0 aromatic carbocycles. The number of hydrogen-bond donors (Lipinski definition) is 2. The molecule has 4 rings (SSSR count). The zero-order valence-electron chi connectivity index (χ0n) is 16.9. The Labute approximate surface area is 172 Å². The average molecular weight is 391 g/mol. The number of rotatable bonds is 9. The van der Waals surface area contributed by atoms with Crippen LogP contribution in [0.4, 0.5) is 0 Å². The molecule has 3 N–H and O–H groups in total. The molecule has 0 aliphatic heterocycles. The molecule has 3 heterocycles. The smallest absolute Gasteiger partial charge is 0.110 e. The zero-order chi connectivity index (χ0) is 19.9. The van der Waals surface area contributed by atoms with Crippen LogP contribution in [0, 0.1) is 0 Å². The quantitative estimate of drug-likeness (QED) is 0.587. The van der Waals surface area contributed by atoms with Crippen LogP contribution in [-0.2, 0) is 19.4 Å². The Kier molecular flexibility index (Phi) is 6.64. The van der Waals surface area contributed by atoms with Crippen LogP contribution < -0.4 is 11.1 Å². The molecule has 29 heavy (non-hydrogen) atoms. The first kappa shape index (κ1) is 19.7. The summed E-state index contributed by atoms with van der Waals surface area (Å²) in [4.78, 5) is 13.8. The lowest BCUT2D eigenvalue weighted by Gasteiger charge is -2.30. The Morgan fingerprint density at radius 1 is 1.10 bits per heavy atom. The lowest BCUT2D eigenvalue weighted by atomic mass is 9.90. The fourth-order valence-corrected chi connectivity index (χ4v) is 4.23. The van der Waals surface area contributed by atoms with Gasteiger partial charge < -0.3 is 15.6 Å². The van der Waals surface area contributed by atoms with E-state index < -0.39 is 0 Å². The summed E-state index contributed by atoms with van der Waals surface area (Å²) in [5.41, 5.74) is 9.46. The second kappa shape index (κ2) is 9.76. The van der Waals surface area contributed by atoms with Gasteiger partial charge in [-0.05, 0) is 62.4 Å². The maximum absolute atomic E-state index is 5.82. The van der Waals surface area contributed by atoms with Gasteiger partial charge in [-0.15, -0.1) is 0 Å². The SMILES string of the molecule is NCCCC(Cc1nccn1Cc1ccccn1)NC1CCCc2cccnc21. The maximum atomic E-state index is 5.82. The largest absolute Gasteiger partial charge is 0.330 e. The number of nitrogens with two attached hydrogens (primary N) is 1. The van der Waals surface area contributed by atoms with E-state index in [2.05, 4.69) is 37.0 Å².